The first-order valence-corrected chi connectivity index (χ1v) is 9.31. The Morgan fingerprint density at radius 3 is 2.80 bits per heavy atom. The van der Waals surface area contributed by atoms with E-state index in [-0.39, 0.29) is 0 Å². The van der Waals surface area contributed by atoms with Crippen molar-refractivity contribution in [2.75, 3.05) is 19.5 Å². The predicted molar refractivity (Wildman–Crippen MR) is 101 cm³/mol. The molecule has 0 aliphatic carbocycles. The maximum atomic E-state index is 5.39. The standard InChI is InChI=1S/C17H16N4O2S2/c1-22-14-6-5-11(8-15(14)23-2)13-10-19-17-21(13)20-16(25-17)18-9-12-4-3-7-24-12/h3-8,10H,9H2,1-2H3,(H,18,20). The van der Waals surface area contributed by atoms with Gasteiger partial charge in [-0.1, -0.05) is 17.4 Å². The van der Waals surface area contributed by atoms with Crippen molar-refractivity contribution in [1.82, 2.24) is 14.6 Å². The SMILES string of the molecule is COc1ccc(-c2cnc3sc(NCc4cccs4)nn23)cc1OC. The van der Waals surface area contributed by atoms with Gasteiger partial charge in [0.1, 0.15) is 0 Å². The molecule has 0 atom stereocenters. The monoisotopic (exact) mass is 372 g/mol. The summed E-state index contributed by atoms with van der Waals surface area (Å²) >= 11 is 3.26. The van der Waals surface area contributed by atoms with Crippen LogP contribution < -0.4 is 14.8 Å². The summed E-state index contributed by atoms with van der Waals surface area (Å²) in [5.41, 5.74) is 1.89. The molecular formula is C17H16N4O2S2. The molecular weight excluding hydrogens is 356 g/mol. The smallest absolute Gasteiger partial charge is 0.214 e. The molecule has 4 aromatic rings. The number of hydrogen-bond donors (Lipinski definition) is 1. The van der Waals surface area contributed by atoms with Crippen molar-refractivity contribution >= 4 is 32.8 Å². The van der Waals surface area contributed by atoms with Gasteiger partial charge in [0, 0.05) is 10.4 Å². The van der Waals surface area contributed by atoms with Gasteiger partial charge in [-0.15, -0.1) is 16.4 Å². The minimum atomic E-state index is 0.682. The molecule has 25 heavy (non-hydrogen) atoms. The molecule has 0 amide bonds. The molecule has 3 heterocycles. The number of fused-ring (bicyclic) bond motifs is 1. The highest BCUT2D eigenvalue weighted by Gasteiger charge is 2.14. The second-order valence-corrected chi connectivity index (χ2v) is 7.24. The minimum absolute atomic E-state index is 0.682. The molecule has 0 bridgehead atoms. The molecule has 8 heteroatoms. The quantitative estimate of drug-likeness (QED) is 0.551. The fraction of sp³-hybridized carbons (Fsp3) is 0.176. The number of anilines is 1. The van der Waals surface area contributed by atoms with Gasteiger partial charge in [-0.25, -0.2) is 9.50 Å². The topological polar surface area (TPSA) is 60.7 Å². The van der Waals surface area contributed by atoms with Crippen molar-refractivity contribution in [1.29, 1.82) is 0 Å². The lowest BCUT2D eigenvalue weighted by atomic mass is 10.1. The number of rotatable bonds is 6. The molecule has 0 radical (unpaired) electrons. The number of methoxy groups -OCH3 is 2. The van der Waals surface area contributed by atoms with E-state index in [9.17, 15) is 0 Å². The van der Waals surface area contributed by atoms with Crippen LogP contribution in [0.15, 0.2) is 41.9 Å². The van der Waals surface area contributed by atoms with E-state index in [0.717, 1.165) is 27.9 Å². The van der Waals surface area contributed by atoms with Gasteiger partial charge in [0.05, 0.1) is 32.7 Å². The maximum absolute atomic E-state index is 5.39. The van der Waals surface area contributed by atoms with E-state index in [0.29, 0.717) is 11.5 Å². The molecule has 0 spiro atoms. The first kappa shape index (κ1) is 15.9. The van der Waals surface area contributed by atoms with Crippen molar-refractivity contribution < 1.29 is 9.47 Å². The van der Waals surface area contributed by atoms with Crippen LogP contribution in [-0.4, -0.2) is 28.8 Å². The van der Waals surface area contributed by atoms with E-state index in [4.69, 9.17) is 9.47 Å². The third kappa shape index (κ3) is 3.06. The average molecular weight is 372 g/mol. The molecule has 0 saturated carbocycles. The first-order valence-electron chi connectivity index (χ1n) is 7.61. The molecule has 6 nitrogen and oxygen atoms in total. The van der Waals surface area contributed by atoms with Gasteiger partial charge in [-0.05, 0) is 29.6 Å². The Morgan fingerprint density at radius 2 is 2.04 bits per heavy atom. The lowest BCUT2D eigenvalue weighted by molar-refractivity contribution is 0.355. The van der Waals surface area contributed by atoms with Crippen LogP contribution in [-0.2, 0) is 6.54 Å². The summed E-state index contributed by atoms with van der Waals surface area (Å²) in [6.45, 7) is 0.764. The molecule has 0 unspecified atom stereocenters. The number of ether oxygens (including phenoxy) is 2. The zero-order chi connectivity index (χ0) is 17.2. The van der Waals surface area contributed by atoms with Crippen molar-refractivity contribution in [3.63, 3.8) is 0 Å². The molecule has 1 aromatic carbocycles. The first-order chi connectivity index (χ1) is 12.3. The summed E-state index contributed by atoms with van der Waals surface area (Å²) < 4.78 is 12.5. The fourth-order valence-electron chi connectivity index (χ4n) is 2.53. The van der Waals surface area contributed by atoms with Gasteiger partial charge in [0.15, 0.2) is 11.5 Å². The largest absolute Gasteiger partial charge is 0.493 e. The normalized spacial score (nSPS) is 11.0. The van der Waals surface area contributed by atoms with E-state index in [1.807, 2.05) is 35.0 Å². The summed E-state index contributed by atoms with van der Waals surface area (Å²) in [7, 11) is 3.25. The summed E-state index contributed by atoms with van der Waals surface area (Å²) in [5.74, 6) is 1.38. The van der Waals surface area contributed by atoms with Gasteiger partial charge in [0.2, 0.25) is 10.1 Å². The van der Waals surface area contributed by atoms with Gasteiger partial charge in [-0.3, -0.25) is 0 Å². The van der Waals surface area contributed by atoms with Gasteiger partial charge < -0.3 is 14.8 Å². The van der Waals surface area contributed by atoms with Crippen LogP contribution in [0, 0.1) is 0 Å². The van der Waals surface area contributed by atoms with Crippen LogP contribution in [0.25, 0.3) is 16.2 Å². The third-order valence-corrected chi connectivity index (χ3v) is 5.52. The zero-order valence-corrected chi connectivity index (χ0v) is 15.4. The van der Waals surface area contributed by atoms with Crippen LogP contribution >= 0.6 is 22.7 Å². The van der Waals surface area contributed by atoms with Gasteiger partial charge in [-0.2, -0.15) is 0 Å². The second-order valence-electron chi connectivity index (χ2n) is 5.25. The van der Waals surface area contributed by atoms with E-state index in [1.165, 1.54) is 16.2 Å². The van der Waals surface area contributed by atoms with Crippen molar-refractivity contribution in [2.24, 2.45) is 0 Å². The lowest BCUT2D eigenvalue weighted by Crippen LogP contribution is -1.98. The summed E-state index contributed by atoms with van der Waals surface area (Å²) in [6, 6.07) is 9.94. The van der Waals surface area contributed by atoms with Crippen LogP contribution in [0.1, 0.15) is 4.88 Å². The summed E-state index contributed by atoms with van der Waals surface area (Å²) in [4.78, 5) is 6.59. The Labute approximate surface area is 152 Å². The number of hydrogen-bond acceptors (Lipinski definition) is 7. The Balaban J connectivity index is 1.64. The lowest BCUT2D eigenvalue weighted by Gasteiger charge is -2.08. The van der Waals surface area contributed by atoms with Gasteiger partial charge >= 0.3 is 0 Å². The molecule has 128 valence electrons. The Morgan fingerprint density at radius 1 is 1.16 bits per heavy atom. The van der Waals surface area contributed by atoms with Crippen LogP contribution in [0.5, 0.6) is 11.5 Å². The van der Waals surface area contributed by atoms with E-state index < -0.39 is 0 Å². The van der Waals surface area contributed by atoms with E-state index in [2.05, 4.69) is 26.8 Å². The average Bonchev–Trinajstić information content (AvgIpc) is 3.36. The number of imidazole rings is 1. The predicted octanol–water partition coefficient (Wildman–Crippen LogP) is 4.15. The minimum Gasteiger partial charge on any atom is -0.493 e. The molecule has 3 aromatic heterocycles. The second kappa shape index (κ2) is 6.73. The third-order valence-electron chi connectivity index (χ3n) is 3.76. The Kier molecular flexibility index (Phi) is 4.29. The number of aromatic nitrogens is 3. The number of nitrogens with one attached hydrogen (secondary N) is 1. The van der Waals surface area contributed by atoms with Crippen molar-refractivity contribution in [2.45, 2.75) is 6.54 Å². The highest BCUT2D eigenvalue weighted by molar-refractivity contribution is 7.20. The van der Waals surface area contributed by atoms with Crippen molar-refractivity contribution in [3.8, 4) is 22.8 Å². The highest BCUT2D eigenvalue weighted by Crippen LogP contribution is 2.33. The maximum Gasteiger partial charge on any atom is 0.214 e. The van der Waals surface area contributed by atoms with E-state index in [1.54, 1.807) is 25.6 Å². The van der Waals surface area contributed by atoms with Crippen LogP contribution in [0.3, 0.4) is 0 Å². The van der Waals surface area contributed by atoms with Crippen LogP contribution in [0.2, 0.25) is 0 Å². The summed E-state index contributed by atoms with van der Waals surface area (Å²) in [5, 5.41) is 10.9. The zero-order valence-electron chi connectivity index (χ0n) is 13.7. The molecule has 0 saturated heterocycles. The number of thiophene rings is 1. The molecule has 0 aliphatic heterocycles. The number of nitrogens with zero attached hydrogens (tertiary/aromatic N) is 3. The van der Waals surface area contributed by atoms with E-state index >= 15 is 0 Å². The molecule has 4 rings (SSSR count). The summed E-state index contributed by atoms with van der Waals surface area (Å²) in [6.07, 6.45) is 1.82. The van der Waals surface area contributed by atoms with Crippen molar-refractivity contribution in [3.05, 3.63) is 46.8 Å². The van der Waals surface area contributed by atoms with Gasteiger partial charge in [0.25, 0.3) is 0 Å². The Hall–Kier alpha value is -2.58. The fourth-order valence-corrected chi connectivity index (χ4v) is 3.95. The highest BCUT2D eigenvalue weighted by atomic mass is 32.1. The molecule has 0 fully saturated rings. The van der Waals surface area contributed by atoms with Crippen LogP contribution in [0.4, 0.5) is 5.13 Å². The Bertz CT molecular complexity index is 992. The molecule has 0 aliphatic rings. The number of benzene rings is 1. The molecule has 1 N–H and O–H groups in total.